The van der Waals surface area contributed by atoms with Gasteiger partial charge < -0.3 is 11.5 Å². The van der Waals surface area contributed by atoms with E-state index in [1.807, 2.05) is 0 Å². The maximum atomic E-state index is 10.7. The number of nitrogens with two attached hydrogens (primary N) is 2. The topological polar surface area (TPSA) is 90.1 Å². The molecule has 76 valence electrons. The van der Waals surface area contributed by atoms with Crippen molar-refractivity contribution in [3.05, 3.63) is 30.1 Å². The molecule has 0 spiro atoms. The summed E-state index contributed by atoms with van der Waals surface area (Å²) in [6, 6.07) is 3.20. The van der Waals surface area contributed by atoms with Gasteiger partial charge in [-0.3, -0.25) is 9.59 Å². The molecule has 14 heavy (non-hydrogen) atoms. The number of pyridine rings is 1. The largest absolute Gasteiger partial charge is 0.365 e. The first-order valence-corrected chi connectivity index (χ1v) is 3.67. The Morgan fingerprint density at radius 1 is 1.36 bits per heavy atom. The fourth-order valence-corrected chi connectivity index (χ4v) is 0.946. The van der Waals surface area contributed by atoms with Crippen LogP contribution in [0.2, 0.25) is 0 Å². The molecule has 0 aromatic carbocycles. The van der Waals surface area contributed by atoms with Crippen LogP contribution in [-0.4, -0.2) is 11.8 Å². The van der Waals surface area contributed by atoms with Crippen molar-refractivity contribution in [2.24, 2.45) is 11.5 Å². The number of rotatable bonds is 3. The Kier molecular flexibility index (Phi) is 4.58. The van der Waals surface area contributed by atoms with Crippen LogP contribution in [0.25, 0.3) is 0 Å². The summed E-state index contributed by atoms with van der Waals surface area (Å²) >= 11 is 0. The molecule has 1 aromatic rings. The SMILES string of the molecule is Cl.NC(=O)C[n+]1cccc(C(N)=O)c1. The van der Waals surface area contributed by atoms with Crippen LogP contribution in [0, 0.1) is 0 Å². The van der Waals surface area contributed by atoms with E-state index in [1.165, 1.54) is 10.8 Å². The standard InChI is InChI=1S/C8H9N3O2.ClH/c9-7(12)5-11-3-1-2-6(4-11)8(10)13;/h1-4H,5H2,(H3-,9,10,12,13);1H/p+1. The summed E-state index contributed by atoms with van der Waals surface area (Å²) in [6.45, 7) is 0.0428. The second kappa shape index (κ2) is 5.18. The summed E-state index contributed by atoms with van der Waals surface area (Å²) in [5, 5.41) is 0. The molecule has 0 bridgehead atoms. The Bertz CT molecular complexity index is 354. The van der Waals surface area contributed by atoms with E-state index in [-0.39, 0.29) is 19.0 Å². The zero-order chi connectivity index (χ0) is 9.84. The van der Waals surface area contributed by atoms with Gasteiger partial charge in [-0.1, -0.05) is 0 Å². The van der Waals surface area contributed by atoms with Gasteiger partial charge in [-0.15, -0.1) is 12.4 Å². The molecular formula is C8H11ClN3O2+. The van der Waals surface area contributed by atoms with Crippen molar-refractivity contribution in [1.29, 1.82) is 0 Å². The fourth-order valence-electron chi connectivity index (χ4n) is 0.946. The molecule has 6 heteroatoms. The summed E-state index contributed by atoms with van der Waals surface area (Å²) in [5.41, 5.74) is 10.4. The highest BCUT2D eigenvalue weighted by Gasteiger charge is 2.08. The van der Waals surface area contributed by atoms with E-state index in [1.54, 1.807) is 18.3 Å². The number of hydrogen-bond donors (Lipinski definition) is 2. The van der Waals surface area contributed by atoms with E-state index in [4.69, 9.17) is 11.5 Å². The Balaban J connectivity index is 0.00000169. The minimum absolute atomic E-state index is 0. The highest BCUT2D eigenvalue weighted by molar-refractivity contribution is 5.92. The molecule has 0 atom stereocenters. The van der Waals surface area contributed by atoms with Gasteiger partial charge >= 0.3 is 0 Å². The lowest BCUT2D eigenvalue weighted by atomic mass is 10.3. The molecule has 4 N–H and O–H groups in total. The maximum absolute atomic E-state index is 10.7. The van der Waals surface area contributed by atoms with Crippen molar-refractivity contribution in [3.8, 4) is 0 Å². The minimum atomic E-state index is -0.529. The van der Waals surface area contributed by atoms with E-state index in [2.05, 4.69) is 0 Å². The van der Waals surface area contributed by atoms with E-state index >= 15 is 0 Å². The van der Waals surface area contributed by atoms with Crippen LogP contribution in [0.15, 0.2) is 24.5 Å². The number of carbonyl (C=O) groups is 2. The van der Waals surface area contributed by atoms with E-state index in [9.17, 15) is 9.59 Å². The number of primary amides is 2. The normalized spacial score (nSPS) is 8.86. The highest BCUT2D eigenvalue weighted by Crippen LogP contribution is 1.91. The summed E-state index contributed by atoms with van der Waals surface area (Å²) in [5.74, 6) is -0.995. The molecule has 0 fully saturated rings. The molecular weight excluding hydrogens is 206 g/mol. The Morgan fingerprint density at radius 3 is 2.50 bits per heavy atom. The van der Waals surface area contributed by atoms with Gasteiger partial charge in [-0.25, -0.2) is 0 Å². The summed E-state index contributed by atoms with van der Waals surface area (Å²) in [4.78, 5) is 21.3. The second-order valence-electron chi connectivity index (χ2n) is 2.60. The molecule has 5 nitrogen and oxygen atoms in total. The molecule has 1 heterocycles. The van der Waals surface area contributed by atoms with Crippen LogP contribution >= 0.6 is 12.4 Å². The predicted octanol–water partition coefficient (Wildman–Crippen LogP) is -1.02. The Morgan fingerprint density at radius 2 is 2.00 bits per heavy atom. The molecule has 0 radical (unpaired) electrons. The summed E-state index contributed by atoms with van der Waals surface area (Å²) < 4.78 is 1.50. The fraction of sp³-hybridized carbons (Fsp3) is 0.125. The molecule has 0 aliphatic heterocycles. The summed E-state index contributed by atoms with van der Waals surface area (Å²) in [6.07, 6.45) is 3.12. The average Bonchev–Trinajstić information content (AvgIpc) is 2.03. The van der Waals surface area contributed by atoms with Gasteiger partial charge in [0, 0.05) is 6.07 Å². The van der Waals surface area contributed by atoms with Crippen LogP contribution in [0.5, 0.6) is 0 Å². The first-order valence-electron chi connectivity index (χ1n) is 3.67. The number of amides is 2. The third-order valence-corrected chi connectivity index (χ3v) is 1.48. The van der Waals surface area contributed by atoms with E-state index < -0.39 is 11.8 Å². The van der Waals surface area contributed by atoms with Crippen molar-refractivity contribution in [2.75, 3.05) is 0 Å². The molecule has 0 saturated heterocycles. The quantitative estimate of drug-likeness (QED) is 0.634. The van der Waals surface area contributed by atoms with Gasteiger partial charge in [0.15, 0.2) is 12.4 Å². The van der Waals surface area contributed by atoms with E-state index in [0.29, 0.717) is 5.56 Å². The van der Waals surface area contributed by atoms with Crippen LogP contribution < -0.4 is 16.0 Å². The first-order chi connectivity index (χ1) is 6.09. The lowest BCUT2D eigenvalue weighted by Crippen LogP contribution is -2.41. The van der Waals surface area contributed by atoms with Crippen LogP contribution in [-0.2, 0) is 11.3 Å². The van der Waals surface area contributed by atoms with Crippen LogP contribution in [0.4, 0.5) is 0 Å². The lowest BCUT2D eigenvalue weighted by Gasteiger charge is -1.94. The molecule has 1 aromatic heterocycles. The molecule has 1 rings (SSSR count). The van der Waals surface area contributed by atoms with Gasteiger partial charge in [0.1, 0.15) is 5.56 Å². The zero-order valence-electron chi connectivity index (χ0n) is 7.34. The Labute approximate surface area is 87.1 Å². The molecule has 0 aliphatic rings. The number of aromatic nitrogens is 1. The predicted molar refractivity (Wildman–Crippen MR) is 51.6 cm³/mol. The number of carbonyl (C=O) groups excluding carboxylic acids is 2. The third-order valence-electron chi connectivity index (χ3n) is 1.48. The van der Waals surface area contributed by atoms with Crippen LogP contribution in [0.1, 0.15) is 10.4 Å². The van der Waals surface area contributed by atoms with Crippen molar-refractivity contribution in [3.63, 3.8) is 0 Å². The smallest absolute Gasteiger partial charge is 0.283 e. The van der Waals surface area contributed by atoms with Crippen molar-refractivity contribution in [1.82, 2.24) is 0 Å². The third kappa shape index (κ3) is 3.40. The van der Waals surface area contributed by atoms with Crippen LogP contribution in [0.3, 0.4) is 0 Å². The van der Waals surface area contributed by atoms with E-state index in [0.717, 1.165) is 0 Å². The van der Waals surface area contributed by atoms with Crippen molar-refractivity contribution >= 4 is 24.2 Å². The average molecular weight is 217 g/mol. The lowest BCUT2D eigenvalue weighted by molar-refractivity contribution is -0.684. The Hall–Kier alpha value is -1.62. The number of hydrogen-bond acceptors (Lipinski definition) is 2. The maximum Gasteiger partial charge on any atom is 0.283 e. The van der Waals surface area contributed by atoms with Gasteiger partial charge in [0.05, 0.1) is 0 Å². The second-order valence-corrected chi connectivity index (χ2v) is 2.60. The first kappa shape index (κ1) is 12.4. The molecule has 2 amide bonds. The number of halogens is 1. The van der Waals surface area contributed by atoms with Crippen molar-refractivity contribution in [2.45, 2.75) is 6.54 Å². The van der Waals surface area contributed by atoms with Gasteiger partial charge in [-0.05, 0) is 6.07 Å². The minimum Gasteiger partial charge on any atom is -0.365 e. The zero-order valence-corrected chi connectivity index (χ0v) is 8.16. The van der Waals surface area contributed by atoms with Gasteiger partial charge in [-0.2, -0.15) is 4.57 Å². The monoisotopic (exact) mass is 216 g/mol. The van der Waals surface area contributed by atoms with Gasteiger partial charge in [0.25, 0.3) is 11.8 Å². The highest BCUT2D eigenvalue weighted by atomic mass is 35.5. The summed E-state index contributed by atoms with van der Waals surface area (Å²) in [7, 11) is 0. The van der Waals surface area contributed by atoms with Crippen molar-refractivity contribution < 1.29 is 14.2 Å². The molecule has 0 aliphatic carbocycles. The molecule has 0 unspecified atom stereocenters. The number of nitrogens with zero attached hydrogens (tertiary/aromatic N) is 1. The molecule has 0 saturated carbocycles. The van der Waals surface area contributed by atoms with Gasteiger partial charge in [0.2, 0.25) is 6.54 Å².